The molecule has 1 atom stereocenters. The van der Waals surface area contributed by atoms with Crippen LogP contribution in [0.5, 0.6) is 0 Å². The van der Waals surface area contributed by atoms with Gasteiger partial charge in [0.1, 0.15) is 0 Å². The van der Waals surface area contributed by atoms with E-state index in [2.05, 4.69) is 35.2 Å². The normalized spacial score (nSPS) is 19.1. The number of fused-ring (bicyclic) bond motifs is 3. The number of H-pyrrole nitrogens is 1. The molecule has 0 aliphatic heterocycles. The number of hydrogen-bond donors (Lipinski definition) is 3. The van der Waals surface area contributed by atoms with Gasteiger partial charge in [-0.15, -0.1) is 0 Å². The molecule has 3 rings (SSSR count). The number of hydrogen-bond acceptors (Lipinski definition) is 4. The maximum atomic E-state index is 12.7. The van der Waals surface area contributed by atoms with Crippen molar-refractivity contribution in [3.63, 3.8) is 0 Å². The van der Waals surface area contributed by atoms with Gasteiger partial charge in [0.05, 0.1) is 5.69 Å². The molecule has 1 aromatic heterocycles. The standard InChI is InChI=1S/C18H23N3O2/c1-3-18(2)11-12-7-4-5-8-13(12)15-14(18)16(23)21-17(20-15)19-9-6-10-22/h4-5,7-8,22H,3,6,9-11H2,1-2H3,(H2,19,20,21,23)/t18-/m0/s1. The SMILES string of the molecule is CC[C@@]1(C)Cc2ccccc2-c2nc(NCCCO)[nH]c(=O)c21. The lowest BCUT2D eigenvalue weighted by Gasteiger charge is -2.35. The number of aliphatic hydroxyl groups is 1. The molecule has 5 nitrogen and oxygen atoms in total. The summed E-state index contributed by atoms with van der Waals surface area (Å²) >= 11 is 0. The van der Waals surface area contributed by atoms with Gasteiger partial charge in [0, 0.05) is 29.7 Å². The minimum Gasteiger partial charge on any atom is -0.396 e. The van der Waals surface area contributed by atoms with E-state index in [1.54, 1.807) is 0 Å². The summed E-state index contributed by atoms with van der Waals surface area (Å²) in [6, 6.07) is 8.17. The minimum absolute atomic E-state index is 0.0691. The van der Waals surface area contributed by atoms with Crippen molar-refractivity contribution in [1.29, 1.82) is 0 Å². The summed E-state index contributed by atoms with van der Waals surface area (Å²) in [6.07, 6.45) is 2.36. The number of nitrogens with one attached hydrogen (secondary N) is 2. The number of rotatable bonds is 5. The lowest BCUT2D eigenvalue weighted by Crippen LogP contribution is -2.36. The molecular weight excluding hydrogens is 290 g/mol. The van der Waals surface area contributed by atoms with Crippen LogP contribution in [0.2, 0.25) is 0 Å². The van der Waals surface area contributed by atoms with E-state index in [4.69, 9.17) is 5.11 Å². The maximum absolute atomic E-state index is 12.7. The molecule has 1 heterocycles. The van der Waals surface area contributed by atoms with Crippen LogP contribution in [0, 0.1) is 0 Å². The highest BCUT2D eigenvalue weighted by atomic mass is 16.3. The molecule has 3 N–H and O–H groups in total. The Morgan fingerprint density at radius 1 is 1.39 bits per heavy atom. The van der Waals surface area contributed by atoms with Gasteiger partial charge < -0.3 is 10.4 Å². The van der Waals surface area contributed by atoms with E-state index in [0.29, 0.717) is 18.9 Å². The summed E-state index contributed by atoms with van der Waals surface area (Å²) in [5.41, 5.74) is 3.58. The Labute approximate surface area is 135 Å². The molecule has 0 amide bonds. The van der Waals surface area contributed by atoms with Crippen LogP contribution in [0.4, 0.5) is 5.95 Å². The van der Waals surface area contributed by atoms with E-state index < -0.39 is 0 Å². The molecule has 122 valence electrons. The molecule has 2 aromatic rings. The minimum atomic E-state index is -0.200. The van der Waals surface area contributed by atoms with Crippen LogP contribution in [0.1, 0.15) is 37.8 Å². The maximum Gasteiger partial charge on any atom is 0.256 e. The number of anilines is 1. The zero-order valence-corrected chi connectivity index (χ0v) is 13.6. The Bertz CT molecular complexity index is 769. The molecule has 0 unspecified atom stereocenters. The predicted octanol–water partition coefficient (Wildman–Crippen LogP) is 2.46. The van der Waals surface area contributed by atoms with Crippen LogP contribution >= 0.6 is 0 Å². The van der Waals surface area contributed by atoms with Crippen molar-refractivity contribution < 1.29 is 5.11 Å². The first-order valence-corrected chi connectivity index (χ1v) is 8.17. The number of benzene rings is 1. The van der Waals surface area contributed by atoms with Crippen LogP contribution in [0.25, 0.3) is 11.3 Å². The summed E-state index contributed by atoms with van der Waals surface area (Å²) in [7, 11) is 0. The Hall–Kier alpha value is -2.14. The van der Waals surface area contributed by atoms with E-state index in [-0.39, 0.29) is 17.6 Å². The fourth-order valence-corrected chi connectivity index (χ4v) is 3.31. The van der Waals surface area contributed by atoms with Gasteiger partial charge in [-0.2, -0.15) is 0 Å². The monoisotopic (exact) mass is 313 g/mol. The highest BCUT2D eigenvalue weighted by molar-refractivity contribution is 5.72. The van der Waals surface area contributed by atoms with Crippen LogP contribution in [-0.4, -0.2) is 28.2 Å². The molecule has 0 bridgehead atoms. The average molecular weight is 313 g/mol. The Kier molecular flexibility index (Phi) is 4.22. The van der Waals surface area contributed by atoms with Crippen molar-refractivity contribution >= 4 is 5.95 Å². The molecule has 0 radical (unpaired) electrons. The Morgan fingerprint density at radius 2 is 2.17 bits per heavy atom. The van der Waals surface area contributed by atoms with E-state index in [1.807, 2.05) is 18.2 Å². The van der Waals surface area contributed by atoms with Gasteiger partial charge >= 0.3 is 0 Å². The fraction of sp³-hybridized carbons (Fsp3) is 0.444. The second kappa shape index (κ2) is 6.16. The van der Waals surface area contributed by atoms with Gasteiger partial charge in [0.2, 0.25) is 5.95 Å². The van der Waals surface area contributed by atoms with Crippen molar-refractivity contribution in [2.24, 2.45) is 0 Å². The molecule has 0 saturated carbocycles. The molecule has 0 saturated heterocycles. The third-order valence-electron chi connectivity index (χ3n) is 4.78. The first-order valence-electron chi connectivity index (χ1n) is 8.17. The number of aliphatic hydroxyl groups excluding tert-OH is 1. The highest BCUT2D eigenvalue weighted by Crippen LogP contribution is 2.42. The number of aromatic amines is 1. The van der Waals surface area contributed by atoms with Gasteiger partial charge in [0.15, 0.2) is 0 Å². The second-order valence-corrected chi connectivity index (χ2v) is 6.39. The van der Waals surface area contributed by atoms with Crippen LogP contribution in [-0.2, 0) is 11.8 Å². The summed E-state index contributed by atoms with van der Waals surface area (Å²) in [5.74, 6) is 0.470. The first kappa shape index (κ1) is 15.7. The molecule has 1 aromatic carbocycles. The lowest BCUT2D eigenvalue weighted by molar-refractivity contribution is 0.292. The van der Waals surface area contributed by atoms with Gasteiger partial charge in [-0.1, -0.05) is 38.1 Å². The molecule has 1 aliphatic carbocycles. The van der Waals surface area contributed by atoms with E-state index in [1.165, 1.54) is 5.56 Å². The number of nitrogens with zero attached hydrogens (tertiary/aromatic N) is 1. The molecule has 1 aliphatic rings. The Morgan fingerprint density at radius 3 is 2.91 bits per heavy atom. The van der Waals surface area contributed by atoms with Crippen LogP contribution < -0.4 is 10.9 Å². The molecule has 23 heavy (non-hydrogen) atoms. The van der Waals surface area contributed by atoms with Crippen molar-refractivity contribution in [3.8, 4) is 11.3 Å². The van der Waals surface area contributed by atoms with Crippen molar-refractivity contribution in [2.75, 3.05) is 18.5 Å². The van der Waals surface area contributed by atoms with Crippen molar-refractivity contribution in [2.45, 2.75) is 38.5 Å². The summed E-state index contributed by atoms with van der Waals surface area (Å²) in [4.78, 5) is 20.3. The predicted molar refractivity (Wildman–Crippen MR) is 91.8 cm³/mol. The smallest absolute Gasteiger partial charge is 0.256 e. The zero-order valence-electron chi connectivity index (χ0n) is 13.6. The largest absolute Gasteiger partial charge is 0.396 e. The topological polar surface area (TPSA) is 78.0 Å². The Balaban J connectivity index is 2.14. The third kappa shape index (κ3) is 2.77. The summed E-state index contributed by atoms with van der Waals surface area (Å²) in [5, 5.41) is 12.0. The molecule has 5 heteroatoms. The quantitative estimate of drug-likeness (QED) is 0.741. The van der Waals surface area contributed by atoms with Gasteiger partial charge in [-0.05, 0) is 24.8 Å². The first-order chi connectivity index (χ1) is 11.1. The van der Waals surface area contributed by atoms with Gasteiger partial charge in [-0.25, -0.2) is 4.98 Å². The van der Waals surface area contributed by atoms with E-state index in [9.17, 15) is 4.79 Å². The van der Waals surface area contributed by atoms with Crippen LogP contribution in [0.3, 0.4) is 0 Å². The number of aromatic nitrogens is 2. The van der Waals surface area contributed by atoms with Gasteiger partial charge in [0.25, 0.3) is 5.56 Å². The second-order valence-electron chi connectivity index (χ2n) is 6.39. The molecule has 0 spiro atoms. The van der Waals surface area contributed by atoms with E-state index in [0.717, 1.165) is 29.7 Å². The van der Waals surface area contributed by atoms with E-state index >= 15 is 0 Å². The lowest BCUT2D eigenvalue weighted by atomic mass is 9.69. The van der Waals surface area contributed by atoms with Crippen molar-refractivity contribution in [1.82, 2.24) is 9.97 Å². The third-order valence-corrected chi connectivity index (χ3v) is 4.78. The van der Waals surface area contributed by atoms with Gasteiger partial charge in [-0.3, -0.25) is 9.78 Å². The zero-order chi connectivity index (χ0) is 16.4. The average Bonchev–Trinajstić information content (AvgIpc) is 2.55. The summed E-state index contributed by atoms with van der Waals surface area (Å²) in [6.45, 7) is 4.94. The summed E-state index contributed by atoms with van der Waals surface area (Å²) < 4.78 is 0. The van der Waals surface area contributed by atoms with Crippen molar-refractivity contribution in [3.05, 3.63) is 45.7 Å². The highest BCUT2D eigenvalue weighted by Gasteiger charge is 2.37. The molecular formula is C18H23N3O2. The molecule has 0 fully saturated rings. The van der Waals surface area contributed by atoms with Crippen LogP contribution in [0.15, 0.2) is 29.1 Å². The fourth-order valence-electron chi connectivity index (χ4n) is 3.31.